The predicted octanol–water partition coefficient (Wildman–Crippen LogP) is -0.796. The highest BCUT2D eigenvalue weighted by Crippen LogP contribution is 2.08. The topological polar surface area (TPSA) is 75.3 Å². The Morgan fingerprint density at radius 3 is 2.77 bits per heavy atom. The van der Waals surface area contributed by atoms with Crippen LogP contribution in [0.1, 0.15) is 19.3 Å². The maximum absolute atomic E-state index is 11.1. The van der Waals surface area contributed by atoms with Gasteiger partial charge in [0.15, 0.2) is 0 Å². The second-order valence-electron chi connectivity index (χ2n) is 3.29. The first-order chi connectivity index (χ1) is 5.97. The van der Waals surface area contributed by atoms with Gasteiger partial charge in [0.1, 0.15) is 0 Å². The molecule has 1 amide bonds. The number of amides is 1. The number of hydrogen-bond donors (Lipinski definition) is 2. The summed E-state index contributed by atoms with van der Waals surface area (Å²) in [6.45, 7) is 0.914. The van der Waals surface area contributed by atoms with Gasteiger partial charge in [0.25, 0.3) is 0 Å². The second kappa shape index (κ2) is 4.06. The minimum absolute atomic E-state index is 0.141. The highest BCUT2D eigenvalue weighted by Gasteiger charge is 2.18. The lowest BCUT2D eigenvalue weighted by atomic mass is 10.1. The number of hydrogen-bond acceptors (Lipinski definition) is 4. The van der Waals surface area contributed by atoms with Gasteiger partial charge in [-0.15, -0.1) is 0 Å². The fourth-order valence-electron chi connectivity index (χ4n) is 1.40. The minimum atomic E-state index is -3.39. The average molecular weight is 206 g/mol. The maximum Gasteiger partial charge on any atom is 0.234 e. The summed E-state index contributed by atoms with van der Waals surface area (Å²) < 4.78 is 23.3. The quantitative estimate of drug-likeness (QED) is 0.634. The van der Waals surface area contributed by atoms with Crippen molar-refractivity contribution in [1.82, 2.24) is 10.0 Å². The molecule has 0 spiro atoms. The Labute approximate surface area is 77.9 Å². The van der Waals surface area contributed by atoms with E-state index < -0.39 is 15.9 Å². The molecular weight excluding hydrogens is 192 g/mol. The molecule has 0 aromatic carbocycles. The van der Waals surface area contributed by atoms with E-state index in [-0.39, 0.29) is 12.5 Å². The van der Waals surface area contributed by atoms with Gasteiger partial charge in [0.05, 0.1) is 6.26 Å². The molecule has 1 aliphatic rings. The molecule has 0 aromatic heterocycles. The van der Waals surface area contributed by atoms with E-state index in [1.165, 1.54) is 0 Å². The lowest BCUT2D eigenvalue weighted by molar-refractivity contribution is -0.119. The van der Waals surface area contributed by atoms with E-state index in [0.717, 1.165) is 25.6 Å². The fraction of sp³-hybridized carbons (Fsp3) is 0.857. The number of nitrogens with one attached hydrogen (secondary N) is 2. The Hall–Kier alpha value is -0.620. The van der Waals surface area contributed by atoms with Crippen LogP contribution in [0.25, 0.3) is 0 Å². The lowest BCUT2D eigenvalue weighted by Gasteiger charge is -2.08. The van der Waals surface area contributed by atoms with E-state index in [1.54, 1.807) is 0 Å². The summed E-state index contributed by atoms with van der Waals surface area (Å²) in [5, 5.41) is 3.12. The van der Waals surface area contributed by atoms with Crippen molar-refractivity contribution in [2.75, 3.05) is 12.8 Å². The third kappa shape index (κ3) is 4.23. The van der Waals surface area contributed by atoms with Crippen LogP contribution in [0.15, 0.2) is 0 Å². The molecule has 2 N–H and O–H groups in total. The van der Waals surface area contributed by atoms with Gasteiger partial charge in [0.2, 0.25) is 15.9 Å². The smallest absolute Gasteiger partial charge is 0.234 e. The van der Waals surface area contributed by atoms with E-state index >= 15 is 0 Å². The first-order valence-corrected chi connectivity index (χ1v) is 6.10. The van der Waals surface area contributed by atoms with Crippen LogP contribution < -0.4 is 10.0 Å². The van der Waals surface area contributed by atoms with Gasteiger partial charge in [-0.1, -0.05) is 0 Å². The molecule has 1 fully saturated rings. The molecule has 5 nitrogen and oxygen atoms in total. The van der Waals surface area contributed by atoms with E-state index in [2.05, 4.69) is 5.32 Å². The summed E-state index contributed by atoms with van der Waals surface area (Å²) in [5.74, 6) is -0.429. The third-order valence-corrected chi connectivity index (χ3v) is 2.49. The number of carbonyl (C=O) groups excluding carboxylic acids is 1. The largest absolute Gasteiger partial charge is 0.313 e. The van der Waals surface area contributed by atoms with Gasteiger partial charge >= 0.3 is 0 Å². The summed E-state index contributed by atoms with van der Waals surface area (Å²) in [6.07, 6.45) is 3.22. The summed E-state index contributed by atoms with van der Waals surface area (Å²) >= 11 is 0. The average Bonchev–Trinajstić information content (AvgIpc) is 2.34. The summed E-state index contributed by atoms with van der Waals surface area (Å²) in [6, 6.07) is 0.141. The first-order valence-electron chi connectivity index (χ1n) is 4.21. The van der Waals surface area contributed by atoms with Crippen molar-refractivity contribution in [3.8, 4) is 0 Å². The standard InChI is InChI=1S/C7H14N2O3S/c1-13(11,12)9-7(10)5-6-3-2-4-8-6/h6,8H,2-5H2,1H3,(H,9,10). The molecule has 0 radical (unpaired) electrons. The molecule has 1 aliphatic heterocycles. The Morgan fingerprint density at radius 2 is 2.31 bits per heavy atom. The first kappa shape index (κ1) is 10.5. The van der Waals surface area contributed by atoms with Crippen LogP contribution >= 0.6 is 0 Å². The molecule has 1 unspecified atom stereocenters. The van der Waals surface area contributed by atoms with Crippen LogP contribution in [-0.4, -0.2) is 33.2 Å². The number of carbonyl (C=O) groups is 1. The normalized spacial score (nSPS) is 23.0. The number of rotatable bonds is 3. The third-order valence-electron chi connectivity index (χ3n) is 1.89. The molecule has 6 heteroatoms. The Morgan fingerprint density at radius 1 is 1.62 bits per heavy atom. The second-order valence-corrected chi connectivity index (χ2v) is 5.04. The SMILES string of the molecule is CS(=O)(=O)NC(=O)CC1CCCN1. The van der Waals surface area contributed by atoms with Gasteiger partial charge < -0.3 is 5.32 Å². The monoisotopic (exact) mass is 206 g/mol. The Bertz CT molecular complexity index is 280. The molecule has 0 bridgehead atoms. The van der Waals surface area contributed by atoms with Crippen molar-refractivity contribution < 1.29 is 13.2 Å². The molecule has 1 saturated heterocycles. The summed E-state index contributed by atoms with van der Waals surface area (Å²) in [7, 11) is -3.39. The maximum atomic E-state index is 11.1. The highest BCUT2D eigenvalue weighted by atomic mass is 32.2. The molecule has 0 aromatic rings. The summed E-state index contributed by atoms with van der Waals surface area (Å²) in [4.78, 5) is 11.1. The van der Waals surface area contributed by atoms with Crippen LogP contribution in [0.2, 0.25) is 0 Å². The molecule has 76 valence electrons. The lowest BCUT2D eigenvalue weighted by Crippen LogP contribution is -2.34. The van der Waals surface area contributed by atoms with Crippen molar-refractivity contribution in [2.24, 2.45) is 0 Å². The van der Waals surface area contributed by atoms with Gasteiger partial charge in [0, 0.05) is 12.5 Å². The molecular formula is C7H14N2O3S. The van der Waals surface area contributed by atoms with Crippen LogP contribution in [0.4, 0.5) is 0 Å². The zero-order valence-corrected chi connectivity index (χ0v) is 8.36. The van der Waals surface area contributed by atoms with Crippen molar-refractivity contribution in [3.63, 3.8) is 0 Å². The predicted molar refractivity (Wildman–Crippen MR) is 48.6 cm³/mol. The van der Waals surface area contributed by atoms with Crippen LogP contribution in [0.5, 0.6) is 0 Å². The van der Waals surface area contributed by atoms with Crippen molar-refractivity contribution >= 4 is 15.9 Å². The Kier molecular flexibility index (Phi) is 3.27. The molecule has 1 heterocycles. The van der Waals surface area contributed by atoms with Crippen molar-refractivity contribution in [3.05, 3.63) is 0 Å². The van der Waals surface area contributed by atoms with E-state index in [9.17, 15) is 13.2 Å². The molecule has 13 heavy (non-hydrogen) atoms. The number of sulfonamides is 1. The molecule has 1 atom stereocenters. The van der Waals surface area contributed by atoms with E-state index in [4.69, 9.17) is 0 Å². The Balaban J connectivity index is 2.33. The fourth-order valence-corrected chi connectivity index (χ4v) is 1.90. The highest BCUT2D eigenvalue weighted by molar-refractivity contribution is 7.89. The van der Waals surface area contributed by atoms with Gasteiger partial charge in [-0.2, -0.15) is 0 Å². The zero-order valence-electron chi connectivity index (χ0n) is 7.54. The minimum Gasteiger partial charge on any atom is -0.313 e. The van der Waals surface area contributed by atoms with E-state index in [0.29, 0.717) is 0 Å². The molecule has 1 rings (SSSR count). The van der Waals surface area contributed by atoms with Gasteiger partial charge in [-0.25, -0.2) is 8.42 Å². The van der Waals surface area contributed by atoms with Crippen molar-refractivity contribution in [2.45, 2.75) is 25.3 Å². The zero-order chi connectivity index (χ0) is 9.90. The van der Waals surface area contributed by atoms with Crippen LogP contribution in [0, 0.1) is 0 Å². The van der Waals surface area contributed by atoms with Gasteiger partial charge in [-0.05, 0) is 19.4 Å². The van der Waals surface area contributed by atoms with E-state index in [1.807, 2.05) is 4.72 Å². The summed E-state index contributed by atoms with van der Waals surface area (Å²) in [5.41, 5.74) is 0. The molecule has 0 saturated carbocycles. The van der Waals surface area contributed by atoms with Crippen molar-refractivity contribution in [1.29, 1.82) is 0 Å². The van der Waals surface area contributed by atoms with Gasteiger partial charge in [-0.3, -0.25) is 9.52 Å². The molecule has 0 aliphatic carbocycles. The van der Waals surface area contributed by atoms with Crippen LogP contribution in [-0.2, 0) is 14.8 Å². The van der Waals surface area contributed by atoms with Crippen LogP contribution in [0.3, 0.4) is 0 Å².